The minimum Gasteiger partial charge on any atom is -0.384 e. The van der Waals surface area contributed by atoms with Crippen LogP contribution in [0.5, 0.6) is 0 Å². The van der Waals surface area contributed by atoms with Crippen LogP contribution in [0.3, 0.4) is 0 Å². The molecular formula is C11H13BrN2. The molecule has 3 N–H and O–H groups in total. The molecule has 74 valence electrons. The lowest BCUT2D eigenvalue weighted by Gasteiger charge is -2.09. The second-order valence-electron chi connectivity index (χ2n) is 4.47. The maximum atomic E-state index is 6.02. The quantitative estimate of drug-likeness (QED) is 0.743. The van der Waals surface area contributed by atoms with Crippen molar-refractivity contribution in [1.29, 1.82) is 0 Å². The summed E-state index contributed by atoms with van der Waals surface area (Å²) >= 11 is 3.55. The smallest absolute Gasteiger partial charge is 0.0410 e. The van der Waals surface area contributed by atoms with Gasteiger partial charge in [-0.25, -0.2) is 0 Å². The van der Waals surface area contributed by atoms with Crippen LogP contribution in [0.1, 0.15) is 17.5 Å². The molecule has 1 spiro atoms. The van der Waals surface area contributed by atoms with Crippen LogP contribution >= 0.6 is 15.9 Å². The van der Waals surface area contributed by atoms with Crippen molar-refractivity contribution < 1.29 is 0 Å². The Hall–Kier alpha value is -0.540. The number of hydrogen-bond donors (Lipinski definition) is 2. The molecule has 0 aromatic heterocycles. The third kappa shape index (κ3) is 0.943. The molecule has 3 rings (SSSR count). The summed E-state index contributed by atoms with van der Waals surface area (Å²) in [6.07, 6.45) is 1.13. The monoisotopic (exact) mass is 252 g/mol. The van der Waals surface area contributed by atoms with E-state index in [1.807, 2.05) is 0 Å². The SMILES string of the molecule is Cc1cc(Br)cc2c1NCC21CC1N. The Bertz CT molecular complexity index is 416. The van der Waals surface area contributed by atoms with Gasteiger partial charge in [0.25, 0.3) is 0 Å². The number of hydrogen-bond acceptors (Lipinski definition) is 2. The van der Waals surface area contributed by atoms with Crippen LogP contribution in [-0.4, -0.2) is 12.6 Å². The molecule has 2 aliphatic rings. The van der Waals surface area contributed by atoms with Gasteiger partial charge in [0, 0.05) is 28.2 Å². The maximum Gasteiger partial charge on any atom is 0.0410 e. The molecule has 1 aromatic rings. The molecule has 2 unspecified atom stereocenters. The highest BCUT2D eigenvalue weighted by Gasteiger charge is 2.57. The second-order valence-corrected chi connectivity index (χ2v) is 5.38. The predicted octanol–water partition coefficient (Wildman–Crippen LogP) is 2.15. The van der Waals surface area contributed by atoms with Crippen molar-refractivity contribution in [1.82, 2.24) is 0 Å². The molecule has 0 bridgehead atoms. The zero-order valence-electron chi connectivity index (χ0n) is 8.10. The Kier molecular flexibility index (Phi) is 1.58. The van der Waals surface area contributed by atoms with Gasteiger partial charge in [-0.05, 0) is 36.6 Å². The van der Waals surface area contributed by atoms with Crippen molar-refractivity contribution in [3.63, 3.8) is 0 Å². The number of halogens is 1. The van der Waals surface area contributed by atoms with E-state index in [-0.39, 0.29) is 5.41 Å². The van der Waals surface area contributed by atoms with E-state index >= 15 is 0 Å². The number of aryl methyl sites for hydroxylation is 1. The summed E-state index contributed by atoms with van der Waals surface area (Å²) in [5.74, 6) is 0. The van der Waals surface area contributed by atoms with Crippen LogP contribution in [0.15, 0.2) is 16.6 Å². The van der Waals surface area contributed by atoms with E-state index in [4.69, 9.17) is 5.73 Å². The summed E-state index contributed by atoms with van der Waals surface area (Å²) in [7, 11) is 0. The summed E-state index contributed by atoms with van der Waals surface area (Å²) in [4.78, 5) is 0. The third-order valence-electron chi connectivity index (χ3n) is 3.55. The number of rotatable bonds is 0. The van der Waals surface area contributed by atoms with Crippen LogP contribution in [0.25, 0.3) is 0 Å². The molecule has 0 radical (unpaired) electrons. The fraction of sp³-hybridized carbons (Fsp3) is 0.455. The first-order chi connectivity index (χ1) is 6.63. The van der Waals surface area contributed by atoms with E-state index in [1.165, 1.54) is 16.8 Å². The Balaban J connectivity index is 2.20. The predicted molar refractivity (Wildman–Crippen MR) is 61.6 cm³/mol. The highest BCUT2D eigenvalue weighted by molar-refractivity contribution is 9.10. The zero-order chi connectivity index (χ0) is 9.92. The Morgan fingerprint density at radius 2 is 2.29 bits per heavy atom. The van der Waals surface area contributed by atoms with Gasteiger partial charge in [-0.2, -0.15) is 0 Å². The van der Waals surface area contributed by atoms with Crippen LogP contribution in [0, 0.1) is 6.92 Å². The van der Waals surface area contributed by atoms with Crippen LogP contribution < -0.4 is 11.1 Å². The average molecular weight is 253 g/mol. The van der Waals surface area contributed by atoms with Gasteiger partial charge in [0.1, 0.15) is 0 Å². The molecule has 1 fully saturated rings. The molecule has 3 heteroatoms. The molecule has 2 nitrogen and oxygen atoms in total. The molecule has 1 aliphatic carbocycles. The van der Waals surface area contributed by atoms with E-state index in [1.54, 1.807) is 0 Å². The van der Waals surface area contributed by atoms with Gasteiger partial charge in [0.2, 0.25) is 0 Å². The molecular weight excluding hydrogens is 240 g/mol. The van der Waals surface area contributed by atoms with E-state index in [2.05, 4.69) is 40.3 Å². The Morgan fingerprint density at radius 1 is 1.57 bits per heavy atom. The summed E-state index contributed by atoms with van der Waals surface area (Å²) in [5.41, 5.74) is 10.3. The van der Waals surface area contributed by atoms with Gasteiger partial charge in [0.15, 0.2) is 0 Å². The number of nitrogens with two attached hydrogens (primary N) is 1. The van der Waals surface area contributed by atoms with Crippen molar-refractivity contribution in [3.8, 4) is 0 Å². The Morgan fingerprint density at radius 3 is 2.93 bits per heavy atom. The van der Waals surface area contributed by atoms with Gasteiger partial charge in [-0.15, -0.1) is 0 Å². The molecule has 1 aromatic carbocycles. The summed E-state index contributed by atoms with van der Waals surface area (Å²) in [6.45, 7) is 3.16. The van der Waals surface area contributed by atoms with E-state index < -0.39 is 0 Å². The molecule has 1 heterocycles. The summed E-state index contributed by atoms with van der Waals surface area (Å²) in [6, 6.07) is 4.72. The Labute approximate surface area is 92.0 Å². The normalized spacial score (nSPS) is 32.9. The molecule has 0 amide bonds. The topological polar surface area (TPSA) is 38.0 Å². The van der Waals surface area contributed by atoms with Crippen LogP contribution in [0.4, 0.5) is 5.69 Å². The molecule has 14 heavy (non-hydrogen) atoms. The lowest BCUT2D eigenvalue weighted by molar-refractivity contribution is 0.733. The van der Waals surface area contributed by atoms with Crippen molar-refractivity contribution >= 4 is 21.6 Å². The van der Waals surface area contributed by atoms with Crippen molar-refractivity contribution in [2.45, 2.75) is 24.8 Å². The standard InChI is InChI=1S/C11H13BrN2/c1-6-2-7(12)3-8-10(6)14-5-11(8)4-9(11)13/h2-3,9,14H,4-5,13H2,1H3. The van der Waals surface area contributed by atoms with Crippen LogP contribution in [0.2, 0.25) is 0 Å². The summed E-state index contributed by atoms with van der Waals surface area (Å²) in [5, 5.41) is 3.48. The maximum absolute atomic E-state index is 6.02. The summed E-state index contributed by atoms with van der Waals surface area (Å²) < 4.78 is 1.16. The zero-order valence-corrected chi connectivity index (χ0v) is 9.69. The number of nitrogens with one attached hydrogen (secondary N) is 1. The highest BCUT2D eigenvalue weighted by atomic mass is 79.9. The van der Waals surface area contributed by atoms with Gasteiger partial charge >= 0.3 is 0 Å². The number of benzene rings is 1. The van der Waals surface area contributed by atoms with Gasteiger partial charge in [0.05, 0.1) is 0 Å². The van der Waals surface area contributed by atoms with Gasteiger partial charge < -0.3 is 11.1 Å². The largest absolute Gasteiger partial charge is 0.384 e. The van der Waals surface area contributed by atoms with Crippen molar-refractivity contribution in [3.05, 3.63) is 27.7 Å². The minimum absolute atomic E-state index is 0.254. The highest BCUT2D eigenvalue weighted by Crippen LogP contribution is 2.54. The fourth-order valence-corrected chi connectivity index (χ4v) is 3.13. The van der Waals surface area contributed by atoms with E-state index in [0.29, 0.717) is 6.04 Å². The van der Waals surface area contributed by atoms with Crippen molar-refractivity contribution in [2.75, 3.05) is 11.9 Å². The first-order valence-corrected chi connectivity index (χ1v) is 5.73. The fourth-order valence-electron chi connectivity index (χ4n) is 2.56. The third-order valence-corrected chi connectivity index (χ3v) is 4.01. The minimum atomic E-state index is 0.254. The molecule has 2 atom stereocenters. The lowest BCUT2D eigenvalue weighted by Crippen LogP contribution is -2.20. The second kappa shape index (κ2) is 2.52. The van der Waals surface area contributed by atoms with Gasteiger partial charge in [-0.1, -0.05) is 15.9 Å². The van der Waals surface area contributed by atoms with E-state index in [9.17, 15) is 0 Å². The average Bonchev–Trinajstić information content (AvgIpc) is 2.59. The first kappa shape index (κ1) is 8.74. The van der Waals surface area contributed by atoms with Gasteiger partial charge in [-0.3, -0.25) is 0 Å². The van der Waals surface area contributed by atoms with Crippen LogP contribution in [-0.2, 0) is 5.41 Å². The molecule has 1 saturated carbocycles. The van der Waals surface area contributed by atoms with E-state index in [0.717, 1.165) is 17.4 Å². The number of anilines is 1. The number of fused-ring (bicyclic) bond motifs is 2. The lowest BCUT2D eigenvalue weighted by atomic mass is 9.96. The first-order valence-electron chi connectivity index (χ1n) is 4.93. The molecule has 1 aliphatic heterocycles. The van der Waals surface area contributed by atoms with Crippen molar-refractivity contribution in [2.24, 2.45) is 5.73 Å². The molecule has 0 saturated heterocycles.